The minimum Gasteiger partial charge on any atom is -0.382 e. The molecule has 0 unspecified atom stereocenters. The van der Waals surface area contributed by atoms with Crippen LogP contribution in [0.5, 0.6) is 0 Å². The number of rotatable bonds is 5. The molecule has 210 valence electrons. The second-order valence-electron chi connectivity index (χ2n) is 12.8. The molecule has 2 aromatic rings. The minimum atomic E-state index is -5.09. The first-order valence-corrected chi connectivity index (χ1v) is 15.0. The fourth-order valence-electron chi connectivity index (χ4n) is 7.27. The summed E-state index contributed by atoms with van der Waals surface area (Å²) in [6.45, 7) is 2.95. The molecule has 3 aliphatic carbocycles. The van der Waals surface area contributed by atoms with Crippen LogP contribution in [-0.2, 0) is 21.8 Å². The Morgan fingerprint density at radius 1 is 1.08 bits per heavy atom. The van der Waals surface area contributed by atoms with Crippen molar-refractivity contribution in [3.8, 4) is 0 Å². The van der Waals surface area contributed by atoms with Crippen LogP contribution in [0, 0.1) is 21.5 Å². The number of urea groups is 1. The quantitative estimate of drug-likeness (QED) is 0.572. The highest BCUT2D eigenvalue weighted by atomic mass is 32.2. The molecule has 3 heterocycles. The van der Waals surface area contributed by atoms with E-state index in [0.717, 1.165) is 57.7 Å². The average molecular weight is 565 g/mol. The molecular formula is C26H31F3N6O3S. The Balaban J connectivity index is 0.858. The van der Waals surface area contributed by atoms with Crippen LogP contribution in [0.3, 0.4) is 0 Å². The fourth-order valence-corrected chi connectivity index (χ4v) is 8.13. The maximum atomic E-state index is 13.0. The van der Waals surface area contributed by atoms with Gasteiger partial charge in [0.05, 0.1) is 10.9 Å². The number of nitrogens with zero attached hydrogens (tertiary/aromatic N) is 5. The van der Waals surface area contributed by atoms with Crippen molar-refractivity contribution < 1.29 is 27.3 Å². The molecule has 2 saturated heterocycles. The summed E-state index contributed by atoms with van der Waals surface area (Å²) in [6, 6.07) is 5.88. The van der Waals surface area contributed by atoms with Crippen molar-refractivity contribution in [3.63, 3.8) is 0 Å². The van der Waals surface area contributed by atoms with Gasteiger partial charge in [-0.1, -0.05) is 12.1 Å². The lowest BCUT2D eigenvalue weighted by Crippen LogP contribution is -2.71. The van der Waals surface area contributed by atoms with Gasteiger partial charge in [-0.05, 0) is 68.6 Å². The minimum absolute atomic E-state index is 0.0854. The van der Waals surface area contributed by atoms with Crippen molar-refractivity contribution in [1.29, 1.82) is 4.78 Å². The maximum Gasteiger partial charge on any atom is 0.483 e. The van der Waals surface area contributed by atoms with Crippen LogP contribution in [-0.4, -0.2) is 71.6 Å². The lowest BCUT2D eigenvalue weighted by Gasteiger charge is -2.63. The zero-order valence-electron chi connectivity index (χ0n) is 21.4. The van der Waals surface area contributed by atoms with Gasteiger partial charge >= 0.3 is 11.5 Å². The van der Waals surface area contributed by atoms with Gasteiger partial charge in [0, 0.05) is 37.0 Å². The van der Waals surface area contributed by atoms with E-state index in [4.69, 9.17) is 4.78 Å². The van der Waals surface area contributed by atoms with E-state index < -0.39 is 25.7 Å². The van der Waals surface area contributed by atoms with Gasteiger partial charge in [0.25, 0.3) is 0 Å². The Bertz CT molecular complexity index is 1420. The second-order valence-corrected chi connectivity index (χ2v) is 14.8. The molecule has 3 saturated carbocycles. The molecule has 9 nitrogen and oxygen atoms in total. The number of aromatic nitrogens is 3. The van der Waals surface area contributed by atoms with Crippen LogP contribution in [0.1, 0.15) is 56.0 Å². The fraction of sp³-hybridized carbons (Fsp3) is 0.654. The van der Waals surface area contributed by atoms with E-state index in [1.54, 1.807) is 12.4 Å². The highest BCUT2D eigenvalue weighted by Crippen LogP contribution is 2.56. The van der Waals surface area contributed by atoms with E-state index in [0.29, 0.717) is 36.8 Å². The summed E-state index contributed by atoms with van der Waals surface area (Å²) in [5.74, 6) is 0.828. The van der Waals surface area contributed by atoms with Crippen molar-refractivity contribution in [3.05, 3.63) is 42.0 Å². The predicted molar refractivity (Wildman–Crippen MR) is 133 cm³/mol. The molecule has 39 heavy (non-hydrogen) atoms. The van der Waals surface area contributed by atoms with Gasteiger partial charge in [-0.2, -0.15) is 18.3 Å². The Morgan fingerprint density at radius 2 is 1.69 bits per heavy atom. The van der Waals surface area contributed by atoms with Gasteiger partial charge in [-0.15, -0.1) is 0 Å². The lowest BCUT2D eigenvalue weighted by molar-refractivity contribution is -0.107. The number of alkyl halides is 3. The number of aliphatic hydroxyl groups is 1. The summed E-state index contributed by atoms with van der Waals surface area (Å²) >= 11 is 0. The van der Waals surface area contributed by atoms with Crippen LogP contribution in [0.15, 0.2) is 35.5 Å². The van der Waals surface area contributed by atoms with Gasteiger partial charge in [0.2, 0.25) is 0 Å². The van der Waals surface area contributed by atoms with Crippen LogP contribution in [0.25, 0.3) is 0 Å². The smallest absolute Gasteiger partial charge is 0.382 e. The van der Waals surface area contributed by atoms with E-state index in [1.165, 1.54) is 12.1 Å². The molecule has 2 amide bonds. The molecule has 2 N–H and O–H groups in total. The molecule has 1 aromatic carbocycles. The maximum absolute atomic E-state index is 13.0. The summed E-state index contributed by atoms with van der Waals surface area (Å²) in [4.78, 5) is 20.6. The Hall–Kier alpha value is -2.67. The number of hydrogen-bond donors (Lipinski definition) is 2. The monoisotopic (exact) mass is 564 g/mol. The number of benzene rings is 1. The van der Waals surface area contributed by atoms with Crippen molar-refractivity contribution in [2.75, 3.05) is 26.2 Å². The van der Waals surface area contributed by atoms with Gasteiger partial charge in [-0.25, -0.2) is 23.4 Å². The van der Waals surface area contributed by atoms with Gasteiger partial charge in [0.1, 0.15) is 11.9 Å². The summed E-state index contributed by atoms with van der Waals surface area (Å²) in [7, 11) is -4.85. The molecule has 5 aliphatic rings. The number of carbonyl (C=O) groups is 1. The third kappa shape index (κ3) is 4.06. The van der Waals surface area contributed by atoms with Crippen molar-refractivity contribution in [1.82, 2.24) is 24.6 Å². The molecule has 7 rings (SSSR count). The highest BCUT2D eigenvalue weighted by molar-refractivity contribution is 7.93. The standard InChI is InChI=1S/C26H31F3N6O3S/c27-26(28,29)39(30,38)20-3-1-2-17(7-20)6-18-8-23(9-18)12-33(13-23)22(36)34-14-24(15-34)10-19(11-24)35-16-31-21(32-35)25(37)4-5-25/h1-3,7,16,18-19,30,37H,4-6,8-15H2/t39-/m1/s1. The summed E-state index contributed by atoms with van der Waals surface area (Å²) in [5, 5.41) is 14.7. The molecular weight excluding hydrogens is 533 g/mol. The Labute approximate surface area is 224 Å². The van der Waals surface area contributed by atoms with Gasteiger partial charge < -0.3 is 14.9 Å². The first-order chi connectivity index (χ1) is 18.3. The van der Waals surface area contributed by atoms with Gasteiger partial charge in [0.15, 0.2) is 15.6 Å². The molecule has 5 fully saturated rings. The highest BCUT2D eigenvalue weighted by Gasteiger charge is 2.59. The van der Waals surface area contributed by atoms with E-state index >= 15 is 0 Å². The molecule has 2 spiro atoms. The largest absolute Gasteiger partial charge is 0.483 e. The predicted octanol–water partition coefficient (Wildman–Crippen LogP) is 3.90. The normalized spacial score (nSPS) is 26.4. The zero-order chi connectivity index (χ0) is 27.4. The lowest BCUT2D eigenvalue weighted by atomic mass is 9.56. The molecule has 2 aliphatic heterocycles. The molecule has 13 heteroatoms. The third-order valence-electron chi connectivity index (χ3n) is 9.53. The molecule has 1 aromatic heterocycles. The molecule has 1 atom stereocenters. The summed E-state index contributed by atoms with van der Waals surface area (Å²) in [5.41, 5.74) is -4.98. The first kappa shape index (κ1) is 25.3. The van der Waals surface area contributed by atoms with E-state index in [9.17, 15) is 27.3 Å². The van der Waals surface area contributed by atoms with Crippen LogP contribution >= 0.6 is 0 Å². The van der Waals surface area contributed by atoms with Crippen LogP contribution in [0.4, 0.5) is 18.0 Å². The SMILES string of the molecule is N=[S@@](=O)(c1cccc(CC2CC3(C2)CN(C(=O)N2CC4(CC(n5cnc(C6(O)CC6)n5)C4)C2)C3)c1)C(F)(F)F. The number of likely N-dealkylation sites (tertiary alicyclic amines) is 2. The van der Waals surface area contributed by atoms with Crippen molar-refractivity contribution in [2.24, 2.45) is 16.7 Å². The number of amides is 2. The van der Waals surface area contributed by atoms with Crippen molar-refractivity contribution in [2.45, 2.75) is 67.0 Å². The van der Waals surface area contributed by atoms with Gasteiger partial charge in [-0.3, -0.25) is 0 Å². The third-order valence-corrected chi connectivity index (χ3v) is 11.1. The van der Waals surface area contributed by atoms with Crippen LogP contribution < -0.4 is 0 Å². The Morgan fingerprint density at radius 3 is 2.28 bits per heavy atom. The number of halogens is 3. The van der Waals surface area contributed by atoms with E-state index in [2.05, 4.69) is 10.1 Å². The molecule has 0 radical (unpaired) electrons. The zero-order valence-corrected chi connectivity index (χ0v) is 22.2. The van der Waals surface area contributed by atoms with Crippen LogP contribution in [0.2, 0.25) is 0 Å². The number of carbonyl (C=O) groups excluding carboxylic acids is 1. The Kier molecular flexibility index (Phi) is 5.16. The van der Waals surface area contributed by atoms with E-state index in [-0.39, 0.29) is 22.9 Å². The topological polar surface area (TPSA) is 115 Å². The van der Waals surface area contributed by atoms with E-state index in [1.807, 2.05) is 14.5 Å². The number of hydrogen-bond acceptors (Lipinski definition) is 6. The number of nitrogens with one attached hydrogen (secondary N) is 1. The molecule has 0 bridgehead atoms. The second kappa shape index (κ2) is 7.96. The first-order valence-electron chi connectivity index (χ1n) is 13.4. The summed E-state index contributed by atoms with van der Waals surface area (Å²) < 4.78 is 60.2. The van der Waals surface area contributed by atoms with Crippen molar-refractivity contribution >= 4 is 15.8 Å². The average Bonchev–Trinajstić information content (AvgIpc) is 3.32. The summed E-state index contributed by atoms with van der Waals surface area (Å²) in [6.07, 6.45) is 7.48.